The van der Waals surface area contributed by atoms with Gasteiger partial charge >= 0.3 is 0 Å². The zero-order valence-corrected chi connectivity index (χ0v) is 6.14. The molecule has 0 amide bonds. The summed E-state index contributed by atoms with van der Waals surface area (Å²) >= 11 is 0. The summed E-state index contributed by atoms with van der Waals surface area (Å²) in [7, 11) is 0. The molecule has 52 valence electrons. The predicted octanol–water partition coefficient (Wildman–Crippen LogP) is 1.04. The molecule has 2 nitrogen and oxygen atoms in total. The van der Waals surface area contributed by atoms with Gasteiger partial charge in [-0.2, -0.15) is 0 Å². The smallest absolute Gasteiger partial charge is 0.177 e. The second kappa shape index (κ2) is 5.72. The Morgan fingerprint density at radius 2 is 2.40 bits per heavy atom. The Morgan fingerprint density at radius 1 is 1.70 bits per heavy atom. The number of terminal acetylenes is 1. The molecule has 0 spiro atoms. The first kappa shape index (κ1) is 8.59. The van der Waals surface area contributed by atoms with Gasteiger partial charge in [0.1, 0.15) is 5.71 Å². The van der Waals surface area contributed by atoms with Crippen LogP contribution in [-0.2, 0) is 4.84 Å². The maximum absolute atomic E-state index is 4.91. The second-order valence-corrected chi connectivity index (χ2v) is 1.53. The van der Waals surface area contributed by atoms with Crippen molar-refractivity contribution in [2.45, 2.75) is 13.8 Å². The molecule has 0 aromatic carbocycles. The van der Waals surface area contributed by atoms with E-state index < -0.39 is 0 Å². The van der Waals surface area contributed by atoms with Crippen molar-refractivity contribution in [3.05, 3.63) is 0 Å². The highest BCUT2D eigenvalue weighted by atomic mass is 16.6. The number of oxime groups is 1. The van der Waals surface area contributed by atoms with Gasteiger partial charge in [0.2, 0.25) is 0 Å². The van der Waals surface area contributed by atoms with Gasteiger partial charge in [-0.25, -0.2) is 0 Å². The molecule has 0 radical (unpaired) electrons. The van der Waals surface area contributed by atoms with Crippen LogP contribution in [0, 0.1) is 24.2 Å². The fourth-order valence-electron chi connectivity index (χ4n) is 0.370. The Balaban J connectivity index is 3.68. The standard InChI is InChI=1S/C8H9NO/c1-4-6-8(3)9-10-7-5-2/h2H,7H2,1,3H3. The first-order valence-electron chi connectivity index (χ1n) is 2.84. The number of nitrogens with zero attached hydrogens (tertiary/aromatic N) is 1. The highest BCUT2D eigenvalue weighted by Gasteiger charge is 1.80. The van der Waals surface area contributed by atoms with Crippen molar-refractivity contribution in [1.29, 1.82) is 0 Å². The van der Waals surface area contributed by atoms with Crippen LogP contribution in [0.5, 0.6) is 0 Å². The van der Waals surface area contributed by atoms with E-state index in [0.717, 1.165) is 0 Å². The third kappa shape index (κ3) is 4.74. The molecule has 10 heavy (non-hydrogen) atoms. The van der Waals surface area contributed by atoms with E-state index in [2.05, 4.69) is 27.8 Å². The van der Waals surface area contributed by atoms with Gasteiger partial charge in [-0.15, -0.1) is 6.42 Å². The summed E-state index contributed by atoms with van der Waals surface area (Å²) in [5.74, 6) is 7.68. The van der Waals surface area contributed by atoms with E-state index in [-0.39, 0.29) is 6.61 Å². The minimum atomic E-state index is 0.197. The molecule has 0 saturated heterocycles. The van der Waals surface area contributed by atoms with Crippen LogP contribution in [0.3, 0.4) is 0 Å². The molecule has 0 fully saturated rings. The van der Waals surface area contributed by atoms with Crippen LogP contribution in [-0.4, -0.2) is 12.3 Å². The Hall–Kier alpha value is -1.41. The average Bonchev–Trinajstić information content (AvgIpc) is 1.89. The summed E-state index contributed by atoms with van der Waals surface area (Å²) in [6, 6.07) is 0. The van der Waals surface area contributed by atoms with Gasteiger partial charge in [0.15, 0.2) is 6.61 Å². The normalized spacial score (nSPS) is 9.10. The van der Waals surface area contributed by atoms with Crippen molar-refractivity contribution in [2.24, 2.45) is 5.16 Å². The maximum atomic E-state index is 4.91. The largest absolute Gasteiger partial charge is 0.382 e. The summed E-state index contributed by atoms with van der Waals surface area (Å²) in [6.45, 7) is 3.69. The van der Waals surface area contributed by atoms with Crippen molar-refractivity contribution in [2.75, 3.05) is 6.61 Å². The molecule has 0 heterocycles. The second-order valence-electron chi connectivity index (χ2n) is 1.53. The van der Waals surface area contributed by atoms with Crippen molar-refractivity contribution >= 4 is 5.71 Å². The van der Waals surface area contributed by atoms with Crippen LogP contribution < -0.4 is 0 Å². The zero-order chi connectivity index (χ0) is 7.82. The third-order valence-corrected chi connectivity index (χ3v) is 0.655. The van der Waals surface area contributed by atoms with Crippen LogP contribution in [0.4, 0.5) is 0 Å². The summed E-state index contributed by atoms with van der Waals surface area (Å²) in [6.07, 6.45) is 4.91. The van der Waals surface area contributed by atoms with Crippen LogP contribution >= 0.6 is 0 Å². The first-order chi connectivity index (χ1) is 4.81. The summed E-state index contributed by atoms with van der Waals surface area (Å²) in [5.41, 5.74) is 0.637. The van der Waals surface area contributed by atoms with E-state index >= 15 is 0 Å². The van der Waals surface area contributed by atoms with Crippen LogP contribution in [0.15, 0.2) is 5.16 Å². The average molecular weight is 135 g/mol. The minimum absolute atomic E-state index is 0.197. The van der Waals surface area contributed by atoms with Crippen molar-refractivity contribution in [3.8, 4) is 24.2 Å². The van der Waals surface area contributed by atoms with E-state index in [4.69, 9.17) is 6.42 Å². The lowest BCUT2D eigenvalue weighted by Gasteiger charge is -1.89. The maximum Gasteiger partial charge on any atom is 0.177 e. The number of hydrogen-bond donors (Lipinski definition) is 0. The predicted molar refractivity (Wildman–Crippen MR) is 41.3 cm³/mol. The molecule has 0 bridgehead atoms. The number of hydrogen-bond acceptors (Lipinski definition) is 2. The van der Waals surface area contributed by atoms with Gasteiger partial charge < -0.3 is 4.84 Å². The van der Waals surface area contributed by atoms with Crippen LogP contribution in [0.25, 0.3) is 0 Å². The molecule has 0 N–H and O–H groups in total. The summed E-state index contributed by atoms with van der Waals surface area (Å²) in [4.78, 5) is 4.65. The Morgan fingerprint density at radius 3 is 2.90 bits per heavy atom. The van der Waals surface area contributed by atoms with E-state index in [9.17, 15) is 0 Å². The van der Waals surface area contributed by atoms with Gasteiger partial charge in [0.25, 0.3) is 0 Å². The molecule has 0 rings (SSSR count). The third-order valence-electron chi connectivity index (χ3n) is 0.655. The molecule has 0 saturated carbocycles. The zero-order valence-electron chi connectivity index (χ0n) is 6.14. The molecule has 0 atom stereocenters. The fourth-order valence-corrected chi connectivity index (χ4v) is 0.370. The molecular weight excluding hydrogens is 126 g/mol. The van der Waals surface area contributed by atoms with Crippen molar-refractivity contribution in [1.82, 2.24) is 0 Å². The van der Waals surface area contributed by atoms with Gasteiger partial charge in [-0.3, -0.25) is 0 Å². The lowest BCUT2D eigenvalue weighted by molar-refractivity contribution is 0.180. The summed E-state index contributed by atoms with van der Waals surface area (Å²) in [5, 5.41) is 3.60. The van der Waals surface area contributed by atoms with Gasteiger partial charge in [-0.1, -0.05) is 17.0 Å². The Labute approximate surface area is 61.3 Å². The highest BCUT2D eigenvalue weighted by Crippen LogP contribution is 1.77. The summed E-state index contributed by atoms with van der Waals surface area (Å²) < 4.78 is 0. The SMILES string of the molecule is C#CCON=C(C)C#CC. The monoisotopic (exact) mass is 135 g/mol. The minimum Gasteiger partial charge on any atom is -0.382 e. The van der Waals surface area contributed by atoms with E-state index in [1.807, 2.05) is 0 Å². The topological polar surface area (TPSA) is 21.6 Å². The lowest BCUT2D eigenvalue weighted by Crippen LogP contribution is -1.89. The quantitative estimate of drug-likeness (QED) is 0.240. The molecule has 0 unspecified atom stereocenters. The highest BCUT2D eigenvalue weighted by molar-refractivity contribution is 5.97. The molecular formula is C8H9NO. The number of rotatable bonds is 2. The van der Waals surface area contributed by atoms with Gasteiger partial charge in [0.05, 0.1) is 0 Å². The van der Waals surface area contributed by atoms with E-state index in [1.165, 1.54) is 0 Å². The first-order valence-corrected chi connectivity index (χ1v) is 2.84. The van der Waals surface area contributed by atoms with Crippen LogP contribution in [0.2, 0.25) is 0 Å². The lowest BCUT2D eigenvalue weighted by atomic mass is 10.4. The Kier molecular flexibility index (Phi) is 4.91. The molecule has 0 aromatic rings. The van der Waals surface area contributed by atoms with Crippen LogP contribution in [0.1, 0.15) is 13.8 Å². The Bertz CT molecular complexity index is 212. The van der Waals surface area contributed by atoms with E-state index in [0.29, 0.717) is 5.71 Å². The fraction of sp³-hybridized carbons (Fsp3) is 0.375. The molecule has 0 aliphatic rings. The van der Waals surface area contributed by atoms with E-state index in [1.54, 1.807) is 13.8 Å². The molecule has 2 heteroatoms. The molecule has 0 aliphatic heterocycles. The molecule has 0 aliphatic carbocycles. The van der Waals surface area contributed by atoms with Crippen molar-refractivity contribution < 1.29 is 4.84 Å². The van der Waals surface area contributed by atoms with Gasteiger partial charge in [0, 0.05) is 0 Å². The van der Waals surface area contributed by atoms with Crippen molar-refractivity contribution in [3.63, 3.8) is 0 Å². The molecule has 0 aromatic heterocycles. The van der Waals surface area contributed by atoms with Gasteiger partial charge in [-0.05, 0) is 19.8 Å².